The number of aryl methyl sites for hydroxylation is 1. The topological polar surface area (TPSA) is 52.3 Å². The molecular formula is C28H31IN4O. The monoisotopic (exact) mass is 566 g/mol. The van der Waals surface area contributed by atoms with E-state index in [0.717, 1.165) is 25.9 Å². The van der Waals surface area contributed by atoms with Crippen molar-refractivity contribution in [3.05, 3.63) is 83.2 Å². The fourth-order valence-electron chi connectivity index (χ4n) is 4.46. The highest BCUT2D eigenvalue weighted by atomic mass is 127. The SMILES string of the molecule is Cc1cccn1-c1cc(C(C)(C)C)ccc1N(I)C1CCN(C(=O)c2ccc(C#N)cc2)CC1. The minimum absolute atomic E-state index is 0.0427. The number of piperidine rings is 1. The molecule has 1 saturated heterocycles. The van der Waals surface area contributed by atoms with Gasteiger partial charge in [0.25, 0.3) is 5.91 Å². The van der Waals surface area contributed by atoms with Crippen LogP contribution in [0.4, 0.5) is 5.69 Å². The van der Waals surface area contributed by atoms with Gasteiger partial charge in [-0.3, -0.25) is 4.79 Å². The number of halogens is 1. The maximum Gasteiger partial charge on any atom is 0.253 e. The quantitative estimate of drug-likeness (QED) is 0.271. The van der Waals surface area contributed by atoms with Crippen molar-refractivity contribution >= 4 is 34.5 Å². The number of carbonyl (C=O) groups is 1. The molecular weight excluding hydrogens is 535 g/mol. The van der Waals surface area contributed by atoms with Crippen LogP contribution in [0, 0.1) is 18.3 Å². The van der Waals surface area contributed by atoms with Crippen molar-refractivity contribution in [1.82, 2.24) is 9.47 Å². The van der Waals surface area contributed by atoms with Gasteiger partial charge in [-0.1, -0.05) is 26.8 Å². The van der Waals surface area contributed by atoms with Crippen LogP contribution in [0.25, 0.3) is 5.69 Å². The van der Waals surface area contributed by atoms with Crippen LogP contribution in [0.3, 0.4) is 0 Å². The summed E-state index contributed by atoms with van der Waals surface area (Å²) >= 11 is 2.45. The number of amides is 1. The fourth-order valence-corrected chi connectivity index (χ4v) is 5.43. The Morgan fingerprint density at radius 3 is 2.32 bits per heavy atom. The van der Waals surface area contributed by atoms with Gasteiger partial charge in [0.2, 0.25) is 0 Å². The van der Waals surface area contributed by atoms with E-state index >= 15 is 0 Å². The molecule has 1 aliphatic rings. The minimum atomic E-state index is 0.0427. The number of hydrogen-bond donors (Lipinski definition) is 0. The fraction of sp³-hybridized carbons (Fsp3) is 0.357. The van der Waals surface area contributed by atoms with Gasteiger partial charge in [-0.25, -0.2) is 0 Å². The van der Waals surface area contributed by atoms with E-state index in [1.165, 1.54) is 22.6 Å². The first-order chi connectivity index (χ1) is 16.2. The van der Waals surface area contributed by atoms with Gasteiger partial charge >= 0.3 is 0 Å². The molecule has 0 N–H and O–H groups in total. The highest BCUT2D eigenvalue weighted by molar-refractivity contribution is 14.1. The average molecular weight is 566 g/mol. The zero-order valence-corrected chi connectivity index (χ0v) is 22.4. The lowest BCUT2D eigenvalue weighted by molar-refractivity contribution is 0.0716. The summed E-state index contributed by atoms with van der Waals surface area (Å²) in [6.45, 7) is 10.3. The Morgan fingerprint density at radius 1 is 1.09 bits per heavy atom. The summed E-state index contributed by atoms with van der Waals surface area (Å²) < 4.78 is 4.63. The van der Waals surface area contributed by atoms with Gasteiger partial charge in [-0.2, -0.15) is 5.26 Å². The molecule has 6 heteroatoms. The molecule has 1 amide bonds. The van der Waals surface area contributed by atoms with Crippen LogP contribution in [-0.2, 0) is 5.41 Å². The molecule has 0 saturated carbocycles. The molecule has 0 bridgehead atoms. The molecule has 3 aromatic rings. The molecule has 0 radical (unpaired) electrons. The molecule has 2 aromatic carbocycles. The standard InChI is InChI=1S/C28H31IN4O/c1-20-6-5-15-32(20)26-18-23(28(2,3)4)11-12-25(26)33(29)24-13-16-31(17-14-24)27(34)22-9-7-21(19-30)8-10-22/h5-12,15,18,24H,13-14,16-17H2,1-4H3. The molecule has 0 unspecified atom stereocenters. The van der Waals surface area contributed by atoms with E-state index in [2.05, 4.69) is 101 Å². The zero-order chi connectivity index (χ0) is 24.5. The number of carbonyl (C=O) groups excluding carboxylic acids is 1. The second-order valence-electron chi connectivity index (χ2n) is 10.00. The third-order valence-corrected chi connectivity index (χ3v) is 7.92. The highest BCUT2D eigenvalue weighted by Gasteiger charge is 2.29. The molecule has 4 rings (SSSR count). The number of rotatable bonds is 4. The van der Waals surface area contributed by atoms with Crippen LogP contribution < -0.4 is 3.11 Å². The van der Waals surface area contributed by atoms with Crippen molar-refractivity contribution in [2.75, 3.05) is 16.2 Å². The Balaban J connectivity index is 1.52. The van der Waals surface area contributed by atoms with Crippen molar-refractivity contribution in [2.45, 2.75) is 52.0 Å². The Labute approximate surface area is 216 Å². The number of benzene rings is 2. The number of likely N-dealkylation sites (tertiary alicyclic amines) is 1. The highest BCUT2D eigenvalue weighted by Crippen LogP contribution is 2.36. The van der Waals surface area contributed by atoms with Gasteiger partial charge in [0, 0.05) is 36.6 Å². The largest absolute Gasteiger partial charge is 0.338 e. The Bertz CT molecular complexity index is 1210. The van der Waals surface area contributed by atoms with Crippen LogP contribution in [0.1, 0.15) is 60.8 Å². The van der Waals surface area contributed by atoms with Crippen molar-refractivity contribution < 1.29 is 4.79 Å². The summed E-state index contributed by atoms with van der Waals surface area (Å²) in [6, 6.07) is 20.4. The first-order valence-corrected chi connectivity index (χ1v) is 12.7. The Morgan fingerprint density at radius 2 is 1.76 bits per heavy atom. The average Bonchev–Trinajstić information content (AvgIpc) is 3.28. The molecule has 1 aliphatic heterocycles. The van der Waals surface area contributed by atoms with E-state index in [9.17, 15) is 4.79 Å². The first-order valence-electron chi connectivity index (χ1n) is 11.7. The van der Waals surface area contributed by atoms with Crippen LogP contribution in [0.15, 0.2) is 60.8 Å². The molecule has 5 nitrogen and oxygen atoms in total. The molecule has 176 valence electrons. The molecule has 1 aromatic heterocycles. The molecule has 2 heterocycles. The Kier molecular flexibility index (Phi) is 7.04. The molecule has 0 atom stereocenters. The normalized spacial score (nSPS) is 14.6. The molecule has 0 spiro atoms. The van der Waals surface area contributed by atoms with E-state index in [1.807, 2.05) is 4.90 Å². The maximum atomic E-state index is 12.9. The third kappa shape index (κ3) is 5.00. The predicted molar refractivity (Wildman–Crippen MR) is 146 cm³/mol. The van der Waals surface area contributed by atoms with Crippen LogP contribution in [0.5, 0.6) is 0 Å². The van der Waals surface area contributed by atoms with Gasteiger partial charge in [-0.15, -0.1) is 0 Å². The zero-order valence-electron chi connectivity index (χ0n) is 20.3. The van der Waals surface area contributed by atoms with Crippen molar-refractivity contribution in [1.29, 1.82) is 5.26 Å². The van der Waals surface area contributed by atoms with Gasteiger partial charge in [0.15, 0.2) is 0 Å². The second kappa shape index (κ2) is 9.83. The van der Waals surface area contributed by atoms with E-state index in [-0.39, 0.29) is 11.3 Å². The summed E-state index contributed by atoms with van der Waals surface area (Å²) in [5.74, 6) is 0.0427. The summed E-state index contributed by atoms with van der Waals surface area (Å²) in [5.41, 5.74) is 6.20. The van der Waals surface area contributed by atoms with E-state index < -0.39 is 0 Å². The van der Waals surface area contributed by atoms with E-state index in [4.69, 9.17) is 5.26 Å². The van der Waals surface area contributed by atoms with Gasteiger partial charge in [0.05, 0.1) is 45.9 Å². The van der Waals surface area contributed by atoms with Crippen molar-refractivity contribution in [2.24, 2.45) is 0 Å². The lowest BCUT2D eigenvalue weighted by Gasteiger charge is -2.37. The number of aromatic nitrogens is 1. The van der Waals surface area contributed by atoms with Gasteiger partial charge in [0.1, 0.15) is 0 Å². The van der Waals surface area contributed by atoms with Gasteiger partial charge in [-0.05, 0) is 79.3 Å². The van der Waals surface area contributed by atoms with E-state index in [1.54, 1.807) is 24.3 Å². The lowest BCUT2D eigenvalue weighted by Crippen LogP contribution is -2.44. The number of hydrogen-bond acceptors (Lipinski definition) is 3. The third-order valence-electron chi connectivity index (χ3n) is 6.62. The number of nitriles is 1. The summed E-state index contributed by atoms with van der Waals surface area (Å²) in [6.07, 6.45) is 3.95. The minimum Gasteiger partial charge on any atom is -0.338 e. The molecule has 0 aliphatic carbocycles. The van der Waals surface area contributed by atoms with Crippen LogP contribution >= 0.6 is 22.9 Å². The molecule has 34 heavy (non-hydrogen) atoms. The first kappa shape index (κ1) is 24.3. The lowest BCUT2D eigenvalue weighted by atomic mass is 9.86. The van der Waals surface area contributed by atoms with Crippen LogP contribution in [0.2, 0.25) is 0 Å². The smallest absolute Gasteiger partial charge is 0.253 e. The van der Waals surface area contributed by atoms with Crippen LogP contribution in [-0.4, -0.2) is 34.5 Å². The number of anilines is 1. The van der Waals surface area contributed by atoms with Crippen molar-refractivity contribution in [3.63, 3.8) is 0 Å². The second-order valence-corrected chi connectivity index (χ2v) is 11.0. The predicted octanol–water partition coefficient (Wildman–Crippen LogP) is 6.42. The summed E-state index contributed by atoms with van der Waals surface area (Å²) in [4.78, 5) is 14.9. The molecule has 1 fully saturated rings. The van der Waals surface area contributed by atoms with Gasteiger partial charge < -0.3 is 12.6 Å². The summed E-state index contributed by atoms with van der Waals surface area (Å²) in [7, 11) is 0. The van der Waals surface area contributed by atoms with E-state index in [0.29, 0.717) is 17.2 Å². The van der Waals surface area contributed by atoms with Crippen molar-refractivity contribution in [3.8, 4) is 11.8 Å². The summed E-state index contributed by atoms with van der Waals surface area (Å²) in [5, 5.41) is 8.99. The number of nitrogens with zero attached hydrogens (tertiary/aromatic N) is 4. The maximum absolute atomic E-state index is 12.9. The Hall–Kier alpha value is -2.79.